The fourth-order valence-electron chi connectivity index (χ4n) is 3.06. The van der Waals surface area contributed by atoms with Gasteiger partial charge in [-0.2, -0.15) is 0 Å². The molecule has 0 aromatic heterocycles. The molecule has 2 aliphatic rings. The highest BCUT2D eigenvalue weighted by Gasteiger charge is 2.23. The SMILES string of the molecule is CCCN1CCC(OC2CCCCC2)CC1. The van der Waals surface area contributed by atoms with Crippen molar-refractivity contribution in [3.63, 3.8) is 0 Å². The molecule has 0 unspecified atom stereocenters. The van der Waals surface area contributed by atoms with Crippen molar-refractivity contribution in [1.29, 1.82) is 0 Å². The molecular formula is C14H27NO. The summed E-state index contributed by atoms with van der Waals surface area (Å²) in [7, 11) is 0. The molecule has 1 saturated heterocycles. The summed E-state index contributed by atoms with van der Waals surface area (Å²) in [6, 6.07) is 0. The summed E-state index contributed by atoms with van der Waals surface area (Å²) in [5.41, 5.74) is 0. The average Bonchev–Trinajstić information content (AvgIpc) is 2.33. The predicted molar refractivity (Wildman–Crippen MR) is 67.7 cm³/mol. The highest BCUT2D eigenvalue weighted by atomic mass is 16.5. The Morgan fingerprint density at radius 2 is 1.56 bits per heavy atom. The van der Waals surface area contributed by atoms with Crippen molar-refractivity contribution in [3.8, 4) is 0 Å². The van der Waals surface area contributed by atoms with Crippen LogP contribution < -0.4 is 0 Å². The molecule has 1 saturated carbocycles. The molecule has 16 heavy (non-hydrogen) atoms. The van der Waals surface area contributed by atoms with Crippen molar-refractivity contribution in [2.75, 3.05) is 19.6 Å². The zero-order valence-corrected chi connectivity index (χ0v) is 10.8. The van der Waals surface area contributed by atoms with Crippen molar-refractivity contribution in [2.24, 2.45) is 0 Å². The third kappa shape index (κ3) is 3.74. The Hall–Kier alpha value is -0.0800. The van der Waals surface area contributed by atoms with Crippen molar-refractivity contribution < 1.29 is 4.74 Å². The standard InChI is InChI=1S/C14H27NO/c1-2-10-15-11-8-14(9-12-15)16-13-6-4-3-5-7-13/h13-14H,2-12H2,1H3. The summed E-state index contributed by atoms with van der Waals surface area (Å²) >= 11 is 0. The summed E-state index contributed by atoms with van der Waals surface area (Å²) in [6.07, 6.45) is 11.8. The summed E-state index contributed by atoms with van der Waals surface area (Å²) in [4.78, 5) is 2.58. The third-order valence-corrected chi connectivity index (χ3v) is 4.01. The minimum atomic E-state index is 0.566. The topological polar surface area (TPSA) is 12.5 Å². The minimum Gasteiger partial charge on any atom is -0.375 e. The lowest BCUT2D eigenvalue weighted by Crippen LogP contribution is -2.39. The first-order valence-electron chi connectivity index (χ1n) is 7.26. The largest absolute Gasteiger partial charge is 0.375 e. The molecule has 1 heterocycles. The summed E-state index contributed by atoms with van der Waals surface area (Å²) < 4.78 is 6.23. The van der Waals surface area contributed by atoms with Crippen molar-refractivity contribution in [3.05, 3.63) is 0 Å². The third-order valence-electron chi connectivity index (χ3n) is 4.01. The van der Waals surface area contributed by atoms with Gasteiger partial charge in [-0.3, -0.25) is 0 Å². The number of hydrogen-bond acceptors (Lipinski definition) is 2. The molecule has 2 rings (SSSR count). The molecule has 0 aromatic rings. The highest BCUT2D eigenvalue weighted by molar-refractivity contribution is 4.75. The monoisotopic (exact) mass is 225 g/mol. The van der Waals surface area contributed by atoms with E-state index >= 15 is 0 Å². The van der Waals surface area contributed by atoms with Gasteiger partial charge in [0.05, 0.1) is 12.2 Å². The van der Waals surface area contributed by atoms with E-state index in [2.05, 4.69) is 11.8 Å². The van der Waals surface area contributed by atoms with E-state index in [0.717, 1.165) is 0 Å². The Labute approximate surface area is 100 Å². The van der Waals surface area contributed by atoms with Crippen LogP contribution in [0.15, 0.2) is 0 Å². The molecule has 94 valence electrons. The van der Waals surface area contributed by atoms with Crippen molar-refractivity contribution in [1.82, 2.24) is 4.90 Å². The lowest BCUT2D eigenvalue weighted by molar-refractivity contribution is -0.0556. The van der Waals surface area contributed by atoms with Gasteiger partial charge in [0.15, 0.2) is 0 Å². The van der Waals surface area contributed by atoms with E-state index in [1.165, 1.54) is 71.0 Å². The Balaban J connectivity index is 1.64. The number of ether oxygens (including phenoxy) is 1. The van der Waals surface area contributed by atoms with Crippen LogP contribution in [-0.4, -0.2) is 36.7 Å². The van der Waals surface area contributed by atoms with Gasteiger partial charge in [0.2, 0.25) is 0 Å². The quantitative estimate of drug-likeness (QED) is 0.728. The van der Waals surface area contributed by atoms with E-state index in [-0.39, 0.29) is 0 Å². The van der Waals surface area contributed by atoms with Crippen LogP contribution in [0.5, 0.6) is 0 Å². The normalized spacial score (nSPS) is 26.1. The van der Waals surface area contributed by atoms with Gasteiger partial charge < -0.3 is 9.64 Å². The Morgan fingerprint density at radius 3 is 2.19 bits per heavy atom. The van der Waals surface area contributed by atoms with Crippen LogP contribution in [0.4, 0.5) is 0 Å². The van der Waals surface area contributed by atoms with Crippen LogP contribution in [0.2, 0.25) is 0 Å². The zero-order valence-electron chi connectivity index (χ0n) is 10.8. The predicted octanol–water partition coefficient (Wildman–Crippen LogP) is 3.21. The summed E-state index contributed by atoms with van der Waals surface area (Å²) in [5.74, 6) is 0. The highest BCUT2D eigenvalue weighted by Crippen LogP contribution is 2.24. The molecule has 0 N–H and O–H groups in total. The second kappa shape index (κ2) is 6.61. The van der Waals surface area contributed by atoms with Gasteiger partial charge in [-0.1, -0.05) is 26.2 Å². The van der Waals surface area contributed by atoms with Crippen LogP contribution >= 0.6 is 0 Å². The second-order valence-corrected chi connectivity index (χ2v) is 5.44. The lowest BCUT2D eigenvalue weighted by atomic mass is 9.97. The number of hydrogen-bond donors (Lipinski definition) is 0. The minimum absolute atomic E-state index is 0.566. The first-order chi connectivity index (χ1) is 7.88. The van der Waals surface area contributed by atoms with E-state index in [4.69, 9.17) is 4.74 Å². The number of nitrogens with zero attached hydrogens (tertiary/aromatic N) is 1. The molecule has 0 atom stereocenters. The van der Waals surface area contributed by atoms with Crippen molar-refractivity contribution >= 4 is 0 Å². The first-order valence-corrected chi connectivity index (χ1v) is 7.26. The fourth-order valence-corrected chi connectivity index (χ4v) is 3.06. The maximum atomic E-state index is 6.23. The molecule has 0 aromatic carbocycles. The van der Waals surface area contributed by atoms with Gasteiger partial charge in [-0.15, -0.1) is 0 Å². The second-order valence-electron chi connectivity index (χ2n) is 5.44. The van der Waals surface area contributed by atoms with Gasteiger partial charge in [0.25, 0.3) is 0 Å². The molecule has 2 heteroatoms. The van der Waals surface area contributed by atoms with Crippen molar-refractivity contribution in [2.45, 2.75) is 70.5 Å². The van der Waals surface area contributed by atoms with Gasteiger partial charge >= 0.3 is 0 Å². The Kier molecular flexibility index (Phi) is 5.11. The molecular weight excluding hydrogens is 198 g/mol. The van der Waals surface area contributed by atoms with E-state index in [0.29, 0.717) is 12.2 Å². The van der Waals surface area contributed by atoms with Gasteiger partial charge in [-0.25, -0.2) is 0 Å². The molecule has 1 aliphatic carbocycles. The molecule has 1 aliphatic heterocycles. The zero-order chi connectivity index (χ0) is 11.2. The fraction of sp³-hybridized carbons (Fsp3) is 1.00. The number of piperidine rings is 1. The lowest BCUT2D eigenvalue weighted by Gasteiger charge is -2.34. The molecule has 0 radical (unpaired) electrons. The van der Waals surface area contributed by atoms with Crippen LogP contribution in [0.25, 0.3) is 0 Å². The average molecular weight is 225 g/mol. The van der Waals surface area contributed by atoms with Crippen LogP contribution in [-0.2, 0) is 4.74 Å². The Bertz CT molecular complexity index is 181. The van der Waals surface area contributed by atoms with Gasteiger partial charge in [-0.05, 0) is 38.6 Å². The van der Waals surface area contributed by atoms with Crippen LogP contribution in [0.3, 0.4) is 0 Å². The maximum Gasteiger partial charge on any atom is 0.0603 e. The molecule has 0 amide bonds. The van der Waals surface area contributed by atoms with E-state index in [1.807, 2.05) is 0 Å². The van der Waals surface area contributed by atoms with Gasteiger partial charge in [0.1, 0.15) is 0 Å². The van der Waals surface area contributed by atoms with E-state index in [1.54, 1.807) is 0 Å². The van der Waals surface area contributed by atoms with E-state index < -0.39 is 0 Å². The smallest absolute Gasteiger partial charge is 0.0603 e. The van der Waals surface area contributed by atoms with Gasteiger partial charge in [0, 0.05) is 13.1 Å². The van der Waals surface area contributed by atoms with Crippen LogP contribution in [0, 0.1) is 0 Å². The summed E-state index contributed by atoms with van der Waals surface area (Å²) in [5, 5.41) is 0. The summed E-state index contributed by atoms with van der Waals surface area (Å²) in [6.45, 7) is 6.05. The molecule has 0 bridgehead atoms. The molecule has 2 fully saturated rings. The molecule has 2 nitrogen and oxygen atoms in total. The Morgan fingerprint density at radius 1 is 0.938 bits per heavy atom. The molecule has 0 spiro atoms. The number of rotatable bonds is 4. The maximum absolute atomic E-state index is 6.23. The van der Waals surface area contributed by atoms with Crippen LogP contribution in [0.1, 0.15) is 58.3 Å². The first kappa shape index (κ1) is 12.4. The van der Waals surface area contributed by atoms with E-state index in [9.17, 15) is 0 Å². The number of likely N-dealkylation sites (tertiary alicyclic amines) is 1.